The van der Waals surface area contributed by atoms with Crippen LogP contribution in [-0.4, -0.2) is 13.7 Å². The van der Waals surface area contributed by atoms with E-state index in [2.05, 4.69) is 202 Å². The predicted octanol–water partition coefficient (Wildman–Crippen LogP) is 12.4. The molecule has 6 nitrogen and oxygen atoms in total. The van der Waals surface area contributed by atoms with Gasteiger partial charge in [-0.1, -0.05) is 140 Å². The number of rotatable bonds is 17. The molecule has 0 aliphatic rings. The van der Waals surface area contributed by atoms with Gasteiger partial charge in [-0.2, -0.15) is 4.57 Å². The number of aromatic nitrogens is 6. The molecule has 6 aromatic rings. The molecule has 60 heavy (non-hydrogen) atoms. The summed E-state index contributed by atoms with van der Waals surface area (Å²) in [6.45, 7) is 33.7. The van der Waals surface area contributed by atoms with Crippen molar-refractivity contribution in [2.75, 3.05) is 0 Å². The van der Waals surface area contributed by atoms with Crippen molar-refractivity contribution in [3.05, 3.63) is 164 Å². The van der Waals surface area contributed by atoms with Crippen LogP contribution in [-0.2, 0) is 39.0 Å². The van der Waals surface area contributed by atoms with Gasteiger partial charge in [-0.15, -0.1) is 0 Å². The molecule has 0 spiro atoms. The molecule has 0 unspecified atom stereocenters. The monoisotopic (exact) mass is 812 g/mol. The van der Waals surface area contributed by atoms with Crippen molar-refractivity contribution in [3.8, 4) is 16.9 Å². The Balaban J connectivity index is 0.000000394. The van der Waals surface area contributed by atoms with Gasteiger partial charge in [0, 0.05) is 5.56 Å². The number of benzene rings is 3. The quantitative estimate of drug-likeness (QED) is 0.0821. The molecule has 0 aliphatic carbocycles. The standard InChI is InChI=1S/C27H33N2.C24H34N4.3CH4/c1-7-22-9-13-24(14-10-22)27-26(8-2)29(19-28(27)18-21(5)6)25-15-11-23(12-16-25)17-20(3)4;1-6-25-7-8-27(18-25)16-23-12-22(11-20(2)3)13-24(14-23)17-28-10-9-26(19-28)15-21(4)5;;;/h7-16,19-21H,1-2,17-18H2,3-6H3;6-10,12-14,18-21H,1,11,15-17H2,2-5H3;3*1H4/q+1;+2;;;. The molecule has 6 rings (SSSR count). The van der Waals surface area contributed by atoms with Gasteiger partial charge in [0.2, 0.25) is 19.0 Å². The summed E-state index contributed by atoms with van der Waals surface area (Å²) in [6, 6.07) is 24.6. The van der Waals surface area contributed by atoms with Crippen LogP contribution in [0.5, 0.6) is 0 Å². The van der Waals surface area contributed by atoms with E-state index in [0.29, 0.717) is 23.7 Å². The molecule has 0 saturated heterocycles. The van der Waals surface area contributed by atoms with Gasteiger partial charge in [0.1, 0.15) is 43.6 Å². The van der Waals surface area contributed by atoms with Gasteiger partial charge in [0.05, 0.1) is 19.3 Å². The molecule has 3 aromatic heterocycles. The molecule has 322 valence electrons. The van der Waals surface area contributed by atoms with Crippen molar-refractivity contribution in [1.82, 2.24) is 13.7 Å². The fraction of sp³-hybridized carbons (Fsp3) is 0.389. The molecule has 0 N–H and O–H groups in total. The van der Waals surface area contributed by atoms with Crippen LogP contribution in [0, 0.1) is 23.7 Å². The Kier molecular flexibility index (Phi) is 20.2. The molecule has 0 atom stereocenters. The molecule has 3 aromatic carbocycles. The van der Waals surface area contributed by atoms with Crippen molar-refractivity contribution in [2.45, 2.75) is 117 Å². The zero-order valence-electron chi connectivity index (χ0n) is 36.0. The molecule has 6 heteroatoms. The van der Waals surface area contributed by atoms with Crippen LogP contribution in [0.15, 0.2) is 130 Å². The lowest BCUT2D eigenvalue weighted by Gasteiger charge is -2.10. The van der Waals surface area contributed by atoms with Crippen LogP contribution >= 0.6 is 0 Å². The van der Waals surface area contributed by atoms with E-state index >= 15 is 0 Å². The molecular formula is C54H79N6+3. The highest BCUT2D eigenvalue weighted by Crippen LogP contribution is 2.26. The number of hydrogen-bond acceptors (Lipinski definition) is 0. The molecule has 0 bridgehead atoms. The Hall–Kier alpha value is -5.49. The summed E-state index contributed by atoms with van der Waals surface area (Å²) in [4.78, 5) is 0. The summed E-state index contributed by atoms with van der Waals surface area (Å²) in [5.74, 6) is 2.52. The van der Waals surface area contributed by atoms with E-state index in [9.17, 15) is 0 Å². The van der Waals surface area contributed by atoms with E-state index in [1.807, 2.05) is 29.1 Å². The minimum Gasteiger partial charge on any atom is -0.237 e. The van der Waals surface area contributed by atoms with Crippen molar-refractivity contribution in [3.63, 3.8) is 0 Å². The average molecular weight is 812 g/mol. The first-order valence-corrected chi connectivity index (χ1v) is 20.8. The van der Waals surface area contributed by atoms with E-state index in [1.54, 1.807) is 0 Å². The highest BCUT2D eigenvalue weighted by molar-refractivity contribution is 5.69. The van der Waals surface area contributed by atoms with Crippen molar-refractivity contribution < 1.29 is 13.7 Å². The zero-order valence-corrected chi connectivity index (χ0v) is 36.0. The van der Waals surface area contributed by atoms with Gasteiger partial charge < -0.3 is 0 Å². The fourth-order valence-corrected chi connectivity index (χ4v) is 7.52. The maximum atomic E-state index is 4.14. The van der Waals surface area contributed by atoms with Crippen LogP contribution < -0.4 is 13.7 Å². The predicted molar refractivity (Wildman–Crippen MR) is 259 cm³/mol. The van der Waals surface area contributed by atoms with E-state index < -0.39 is 0 Å². The number of imidazole rings is 3. The molecular weight excluding hydrogens is 733 g/mol. The molecule has 0 saturated carbocycles. The topological polar surface area (TPSA) is 26.4 Å². The zero-order chi connectivity index (χ0) is 41.1. The summed E-state index contributed by atoms with van der Waals surface area (Å²) in [5, 5.41) is 0. The molecule has 0 radical (unpaired) electrons. The Morgan fingerprint density at radius 1 is 0.583 bits per heavy atom. The lowest BCUT2D eigenvalue weighted by molar-refractivity contribution is -0.691. The third-order valence-corrected chi connectivity index (χ3v) is 9.81. The third kappa shape index (κ3) is 14.4. The smallest absolute Gasteiger partial charge is 0.237 e. The first-order valence-electron chi connectivity index (χ1n) is 20.8. The van der Waals surface area contributed by atoms with Crippen LogP contribution in [0.4, 0.5) is 0 Å². The third-order valence-electron chi connectivity index (χ3n) is 9.81. The van der Waals surface area contributed by atoms with Crippen molar-refractivity contribution >= 4 is 18.4 Å². The fourth-order valence-electron chi connectivity index (χ4n) is 7.52. The Morgan fingerprint density at radius 3 is 1.67 bits per heavy atom. The summed E-state index contributed by atoms with van der Waals surface area (Å²) in [7, 11) is 0. The maximum absolute atomic E-state index is 4.14. The largest absolute Gasteiger partial charge is 0.250 e. The van der Waals surface area contributed by atoms with Gasteiger partial charge in [-0.05, 0) is 101 Å². The highest BCUT2D eigenvalue weighted by atomic mass is 15.2. The summed E-state index contributed by atoms with van der Waals surface area (Å²) in [6.07, 6.45) is 22.9. The number of hydrogen-bond donors (Lipinski definition) is 0. The van der Waals surface area contributed by atoms with Gasteiger partial charge in [-0.25, -0.2) is 22.8 Å². The second-order valence-corrected chi connectivity index (χ2v) is 17.2. The van der Waals surface area contributed by atoms with Crippen LogP contribution in [0.25, 0.3) is 35.3 Å². The second-order valence-electron chi connectivity index (χ2n) is 17.2. The van der Waals surface area contributed by atoms with Crippen LogP contribution in [0.3, 0.4) is 0 Å². The SMILES string of the molecule is C.C.C.C=Cc1ccc(-c2c(C=C)n(-c3ccc(CC(C)C)cc3)c[n+]2CC(C)C)cc1.C=Cn1cc[n+](Cc2cc(CC(C)C)cc(C[n+]3ccn(CC(C)C)c3)c2)c1. The van der Waals surface area contributed by atoms with Gasteiger partial charge in [0.15, 0.2) is 11.4 Å². The maximum Gasteiger partial charge on any atom is 0.250 e. The summed E-state index contributed by atoms with van der Waals surface area (Å²) >= 11 is 0. The van der Waals surface area contributed by atoms with Gasteiger partial charge in [0.25, 0.3) is 0 Å². The van der Waals surface area contributed by atoms with E-state index in [1.165, 1.54) is 39.2 Å². The Morgan fingerprint density at radius 2 is 1.15 bits per heavy atom. The lowest BCUT2D eigenvalue weighted by atomic mass is 9.98. The van der Waals surface area contributed by atoms with Crippen molar-refractivity contribution in [1.29, 1.82) is 0 Å². The van der Waals surface area contributed by atoms with Crippen LogP contribution in [0.1, 0.15) is 111 Å². The molecule has 0 amide bonds. The molecule has 0 aliphatic heterocycles. The normalized spacial score (nSPS) is 10.8. The average Bonchev–Trinajstić information content (AvgIpc) is 3.90. The molecule has 3 heterocycles. The first-order chi connectivity index (χ1) is 27.3. The number of nitrogens with zero attached hydrogens (tertiary/aromatic N) is 6. The minimum atomic E-state index is 0. The highest BCUT2D eigenvalue weighted by Gasteiger charge is 2.24. The van der Waals surface area contributed by atoms with Crippen molar-refractivity contribution in [2.24, 2.45) is 23.7 Å². The van der Waals surface area contributed by atoms with Gasteiger partial charge >= 0.3 is 0 Å². The minimum absolute atomic E-state index is 0. The summed E-state index contributed by atoms with van der Waals surface area (Å²) < 4.78 is 13.3. The van der Waals surface area contributed by atoms with Crippen LogP contribution in [0.2, 0.25) is 0 Å². The Bertz CT molecular complexity index is 2200. The van der Waals surface area contributed by atoms with E-state index in [4.69, 9.17) is 0 Å². The Labute approximate surface area is 365 Å². The summed E-state index contributed by atoms with van der Waals surface area (Å²) in [5.41, 5.74) is 11.3. The van der Waals surface area contributed by atoms with E-state index in [-0.39, 0.29) is 22.3 Å². The van der Waals surface area contributed by atoms with E-state index in [0.717, 1.165) is 50.3 Å². The second kappa shape index (κ2) is 23.9. The van der Waals surface area contributed by atoms with Gasteiger partial charge in [-0.3, -0.25) is 0 Å². The molecule has 0 fully saturated rings. The lowest BCUT2D eigenvalue weighted by Crippen LogP contribution is -2.36. The first kappa shape index (κ1) is 50.7.